The van der Waals surface area contributed by atoms with Crippen LogP contribution in [0.4, 0.5) is 11.4 Å². The van der Waals surface area contributed by atoms with Gasteiger partial charge in [-0.25, -0.2) is 0 Å². The van der Waals surface area contributed by atoms with Gasteiger partial charge in [0.25, 0.3) is 0 Å². The van der Waals surface area contributed by atoms with Crippen LogP contribution in [-0.2, 0) is 6.54 Å². The summed E-state index contributed by atoms with van der Waals surface area (Å²) in [4.78, 5) is 2.50. The van der Waals surface area contributed by atoms with Gasteiger partial charge in [0.1, 0.15) is 0 Å². The Labute approximate surface area is 158 Å². The van der Waals surface area contributed by atoms with E-state index in [2.05, 4.69) is 59.6 Å². The topological polar surface area (TPSA) is 39.1 Å². The van der Waals surface area contributed by atoms with Crippen molar-refractivity contribution < 1.29 is 0 Å². The molecule has 2 aromatic rings. The first-order valence-corrected chi connectivity index (χ1v) is 9.67. The fraction of sp³-hybridized carbons (Fsp3) is 0.435. The summed E-state index contributed by atoms with van der Waals surface area (Å²) in [7, 11) is 0. The molecule has 3 rings (SSSR count). The van der Waals surface area contributed by atoms with Gasteiger partial charge in [-0.3, -0.25) is 4.90 Å². The second-order valence-corrected chi connectivity index (χ2v) is 7.11. The van der Waals surface area contributed by atoms with E-state index in [1.807, 2.05) is 32.0 Å². The van der Waals surface area contributed by atoms with E-state index in [1.54, 1.807) is 0 Å². The molecule has 3 heteroatoms. The molecule has 1 N–H and O–H groups in total. The average molecular weight is 350 g/mol. The fourth-order valence-corrected chi connectivity index (χ4v) is 3.31. The van der Waals surface area contributed by atoms with Gasteiger partial charge in [-0.15, -0.1) is 0 Å². The summed E-state index contributed by atoms with van der Waals surface area (Å²) >= 11 is 0. The zero-order valence-electron chi connectivity index (χ0n) is 16.3. The van der Waals surface area contributed by atoms with E-state index >= 15 is 0 Å². The smallest absolute Gasteiger partial charge is 0.0627 e. The third kappa shape index (κ3) is 5.89. The number of nitrogens with one attached hydrogen (secondary N) is 1. The van der Waals surface area contributed by atoms with Crippen LogP contribution >= 0.6 is 0 Å². The molecule has 1 aliphatic heterocycles. The van der Waals surface area contributed by atoms with Crippen LogP contribution in [0, 0.1) is 16.7 Å². The molecular formula is C23H31N3. The zero-order valence-corrected chi connectivity index (χ0v) is 16.3. The van der Waals surface area contributed by atoms with Crippen LogP contribution in [0.3, 0.4) is 0 Å². The first kappa shape index (κ1) is 20.0. The number of piperidine rings is 1. The lowest BCUT2D eigenvalue weighted by Gasteiger charge is -2.38. The quantitative estimate of drug-likeness (QED) is 0.722. The maximum absolute atomic E-state index is 8.97. The summed E-state index contributed by atoms with van der Waals surface area (Å²) in [6.45, 7) is 9.38. The number of rotatable bonds is 5. The number of nitrogens with zero attached hydrogens (tertiary/aromatic N) is 2. The molecule has 1 saturated heterocycles. The molecule has 1 fully saturated rings. The predicted molar refractivity (Wildman–Crippen MR) is 110 cm³/mol. The summed E-state index contributed by atoms with van der Waals surface area (Å²) in [6.07, 6.45) is 2.91. The number of hydrogen-bond donors (Lipinski definition) is 1. The Morgan fingerprint density at radius 1 is 1.00 bits per heavy atom. The highest BCUT2D eigenvalue weighted by molar-refractivity contribution is 5.59. The van der Waals surface area contributed by atoms with Crippen molar-refractivity contribution in [1.82, 2.24) is 4.90 Å². The van der Waals surface area contributed by atoms with Crippen molar-refractivity contribution in [3.63, 3.8) is 0 Å². The second-order valence-electron chi connectivity index (χ2n) is 7.11. The lowest BCUT2D eigenvalue weighted by Crippen LogP contribution is -2.38. The van der Waals surface area contributed by atoms with Gasteiger partial charge >= 0.3 is 0 Å². The molecular weight excluding hydrogens is 318 g/mol. The molecule has 0 unspecified atom stereocenters. The number of para-hydroxylation sites is 1. The van der Waals surface area contributed by atoms with Crippen molar-refractivity contribution >= 4 is 11.4 Å². The Bertz CT molecular complexity index is 695. The summed E-state index contributed by atoms with van der Waals surface area (Å²) in [5.74, 6) is 0. The van der Waals surface area contributed by atoms with E-state index in [0.29, 0.717) is 6.42 Å². The molecule has 1 heterocycles. The SMILES string of the molecule is CC.CC1(CC#N)CCN(Cc2cccc(Nc3ccccc3)c2)CC1. The van der Waals surface area contributed by atoms with Crippen LogP contribution < -0.4 is 5.32 Å². The molecule has 1 aliphatic rings. The lowest BCUT2D eigenvalue weighted by atomic mass is 9.78. The number of likely N-dealkylation sites (tertiary alicyclic amines) is 1. The molecule has 0 aliphatic carbocycles. The number of nitriles is 1. The minimum atomic E-state index is 0.210. The predicted octanol–water partition coefficient (Wildman–Crippen LogP) is 5.97. The van der Waals surface area contributed by atoms with Gasteiger partial charge in [0, 0.05) is 24.3 Å². The van der Waals surface area contributed by atoms with Gasteiger partial charge in [0.15, 0.2) is 0 Å². The van der Waals surface area contributed by atoms with E-state index in [1.165, 1.54) is 5.56 Å². The first-order chi connectivity index (χ1) is 12.7. The monoisotopic (exact) mass is 349 g/mol. The summed E-state index contributed by atoms with van der Waals surface area (Å²) in [6, 6.07) is 21.3. The van der Waals surface area contributed by atoms with Crippen LogP contribution in [-0.4, -0.2) is 18.0 Å². The van der Waals surface area contributed by atoms with Crippen molar-refractivity contribution in [1.29, 1.82) is 5.26 Å². The number of hydrogen-bond acceptors (Lipinski definition) is 3. The molecule has 2 aromatic carbocycles. The summed E-state index contributed by atoms with van der Waals surface area (Å²) < 4.78 is 0. The third-order valence-electron chi connectivity index (χ3n) is 4.96. The van der Waals surface area contributed by atoms with Crippen molar-refractivity contribution in [2.24, 2.45) is 5.41 Å². The van der Waals surface area contributed by atoms with Crippen LogP contribution in [0.15, 0.2) is 54.6 Å². The Morgan fingerprint density at radius 3 is 2.31 bits per heavy atom. The fourth-order valence-electron chi connectivity index (χ4n) is 3.31. The molecule has 0 radical (unpaired) electrons. The molecule has 0 bridgehead atoms. The van der Waals surface area contributed by atoms with Crippen molar-refractivity contribution in [3.8, 4) is 6.07 Å². The van der Waals surface area contributed by atoms with Crippen molar-refractivity contribution in [2.45, 2.75) is 46.6 Å². The molecule has 26 heavy (non-hydrogen) atoms. The molecule has 138 valence electrons. The zero-order chi connectivity index (χ0) is 18.8. The van der Waals surface area contributed by atoms with E-state index in [-0.39, 0.29) is 5.41 Å². The molecule has 0 aromatic heterocycles. The minimum absolute atomic E-state index is 0.210. The highest BCUT2D eigenvalue weighted by atomic mass is 15.1. The van der Waals surface area contributed by atoms with Crippen LogP contribution in [0.5, 0.6) is 0 Å². The normalized spacial score (nSPS) is 16.1. The van der Waals surface area contributed by atoms with Gasteiger partial charge < -0.3 is 5.32 Å². The van der Waals surface area contributed by atoms with Gasteiger partial charge in [-0.2, -0.15) is 5.26 Å². The van der Waals surface area contributed by atoms with E-state index in [4.69, 9.17) is 5.26 Å². The number of benzene rings is 2. The lowest BCUT2D eigenvalue weighted by molar-refractivity contribution is 0.116. The Kier molecular flexibility index (Phi) is 7.69. The van der Waals surface area contributed by atoms with Crippen molar-refractivity contribution in [3.05, 3.63) is 60.2 Å². The van der Waals surface area contributed by atoms with E-state index in [9.17, 15) is 0 Å². The first-order valence-electron chi connectivity index (χ1n) is 9.67. The van der Waals surface area contributed by atoms with Crippen LogP contribution in [0.1, 0.15) is 45.6 Å². The largest absolute Gasteiger partial charge is 0.356 e. The number of anilines is 2. The Balaban J connectivity index is 0.00000117. The third-order valence-corrected chi connectivity index (χ3v) is 4.96. The molecule has 0 atom stereocenters. The maximum atomic E-state index is 8.97. The standard InChI is InChI=1S/C21H25N3.C2H6/c1-21(10-13-22)11-14-24(15-12-21)17-18-6-5-9-20(16-18)23-19-7-3-2-4-8-19;1-2/h2-9,16,23H,10-12,14-15,17H2,1H3;1-2H3. The molecule has 0 spiro atoms. The molecule has 0 saturated carbocycles. The minimum Gasteiger partial charge on any atom is -0.356 e. The highest BCUT2D eigenvalue weighted by Gasteiger charge is 2.29. The molecule has 3 nitrogen and oxygen atoms in total. The molecule has 0 amide bonds. The second kappa shape index (κ2) is 9.99. The highest BCUT2D eigenvalue weighted by Crippen LogP contribution is 2.34. The van der Waals surface area contributed by atoms with Crippen molar-refractivity contribution in [2.75, 3.05) is 18.4 Å². The van der Waals surface area contributed by atoms with Gasteiger partial charge in [0.2, 0.25) is 0 Å². The van der Waals surface area contributed by atoms with Crippen LogP contribution in [0.2, 0.25) is 0 Å². The maximum Gasteiger partial charge on any atom is 0.0627 e. The Hall–Kier alpha value is -2.31. The average Bonchev–Trinajstić information content (AvgIpc) is 2.67. The summed E-state index contributed by atoms with van der Waals surface area (Å²) in [5, 5.41) is 12.4. The van der Waals surface area contributed by atoms with Gasteiger partial charge in [-0.05, 0) is 61.2 Å². The Morgan fingerprint density at radius 2 is 1.65 bits per heavy atom. The van der Waals surface area contributed by atoms with Gasteiger partial charge in [0.05, 0.1) is 6.07 Å². The van der Waals surface area contributed by atoms with Crippen LogP contribution in [0.25, 0.3) is 0 Å². The van der Waals surface area contributed by atoms with E-state index in [0.717, 1.165) is 43.9 Å². The summed E-state index contributed by atoms with van der Waals surface area (Å²) in [5.41, 5.74) is 3.78. The van der Waals surface area contributed by atoms with E-state index < -0.39 is 0 Å². The van der Waals surface area contributed by atoms with Gasteiger partial charge in [-0.1, -0.05) is 51.1 Å².